The Kier molecular flexibility index (Phi) is 6.51. The van der Waals surface area contributed by atoms with Gasteiger partial charge in [0.25, 0.3) is 0 Å². The Hall–Kier alpha value is -0.120. The van der Waals surface area contributed by atoms with Crippen molar-refractivity contribution in [3.63, 3.8) is 0 Å². The van der Waals surface area contributed by atoms with Crippen LogP contribution in [0.5, 0.6) is 0 Å². The summed E-state index contributed by atoms with van der Waals surface area (Å²) in [6, 6.07) is 0. The molecule has 0 aromatic rings. The van der Waals surface area contributed by atoms with Gasteiger partial charge >= 0.3 is 0 Å². The molecule has 0 atom stereocenters. The molecule has 21 heavy (non-hydrogen) atoms. The lowest BCUT2D eigenvalue weighted by atomic mass is 9.75. The van der Waals surface area contributed by atoms with Gasteiger partial charge < -0.3 is 10.1 Å². The fourth-order valence-corrected chi connectivity index (χ4v) is 4.30. The van der Waals surface area contributed by atoms with E-state index in [2.05, 4.69) is 31.0 Å². The second-order valence-corrected chi connectivity index (χ2v) is 7.10. The van der Waals surface area contributed by atoms with Crippen LogP contribution in [0.2, 0.25) is 0 Å². The van der Waals surface area contributed by atoms with Crippen molar-refractivity contribution in [1.82, 2.24) is 10.2 Å². The van der Waals surface area contributed by atoms with Gasteiger partial charge in [-0.3, -0.25) is 4.90 Å². The molecular formula is C18H36N2O. The summed E-state index contributed by atoms with van der Waals surface area (Å²) >= 11 is 0. The third-order valence-electron chi connectivity index (χ3n) is 6.02. The molecule has 1 N–H and O–H groups in total. The smallest absolute Gasteiger partial charge is 0.0478 e. The first-order chi connectivity index (χ1) is 10.2. The molecule has 0 radical (unpaired) electrons. The van der Waals surface area contributed by atoms with Crippen molar-refractivity contribution in [3.05, 3.63) is 0 Å². The number of nitrogens with one attached hydrogen (secondary N) is 1. The highest BCUT2D eigenvalue weighted by molar-refractivity contribution is 5.05. The molecule has 0 unspecified atom stereocenters. The predicted molar refractivity (Wildman–Crippen MR) is 89.8 cm³/mol. The number of piperazine rings is 1. The van der Waals surface area contributed by atoms with E-state index in [4.69, 9.17) is 4.74 Å². The number of rotatable bonds is 7. The number of hydrogen-bond donors (Lipinski definition) is 1. The SMILES string of the molecule is CCOCCCN1CC(CC)(CC)NCC12CCCCC2. The lowest BCUT2D eigenvalue weighted by Crippen LogP contribution is -2.70. The predicted octanol–water partition coefficient (Wildman–Crippen LogP) is 3.58. The van der Waals surface area contributed by atoms with E-state index in [0.29, 0.717) is 11.1 Å². The van der Waals surface area contributed by atoms with E-state index in [-0.39, 0.29) is 0 Å². The quantitative estimate of drug-likeness (QED) is 0.727. The Morgan fingerprint density at radius 3 is 2.38 bits per heavy atom. The summed E-state index contributed by atoms with van der Waals surface area (Å²) in [7, 11) is 0. The zero-order valence-electron chi connectivity index (χ0n) is 14.5. The van der Waals surface area contributed by atoms with Gasteiger partial charge in [-0.15, -0.1) is 0 Å². The van der Waals surface area contributed by atoms with Crippen LogP contribution in [0.25, 0.3) is 0 Å². The van der Waals surface area contributed by atoms with Crippen molar-refractivity contribution in [3.8, 4) is 0 Å². The van der Waals surface area contributed by atoms with Gasteiger partial charge in [-0.2, -0.15) is 0 Å². The molecule has 1 aliphatic heterocycles. The lowest BCUT2D eigenvalue weighted by molar-refractivity contribution is -0.0263. The number of hydrogen-bond acceptors (Lipinski definition) is 3. The van der Waals surface area contributed by atoms with E-state index >= 15 is 0 Å². The van der Waals surface area contributed by atoms with E-state index in [1.54, 1.807) is 0 Å². The average molecular weight is 296 g/mol. The summed E-state index contributed by atoms with van der Waals surface area (Å²) in [5.41, 5.74) is 0.784. The molecule has 3 nitrogen and oxygen atoms in total. The lowest BCUT2D eigenvalue weighted by Gasteiger charge is -2.56. The third kappa shape index (κ3) is 4.00. The van der Waals surface area contributed by atoms with Crippen molar-refractivity contribution < 1.29 is 4.74 Å². The normalized spacial score (nSPS) is 25.3. The number of nitrogens with zero attached hydrogens (tertiary/aromatic N) is 1. The molecule has 1 saturated carbocycles. The Balaban J connectivity index is 2.02. The molecule has 0 bridgehead atoms. The second kappa shape index (κ2) is 7.94. The molecule has 1 saturated heterocycles. The van der Waals surface area contributed by atoms with Crippen molar-refractivity contribution in [1.29, 1.82) is 0 Å². The van der Waals surface area contributed by atoms with Crippen LogP contribution in [0.3, 0.4) is 0 Å². The van der Waals surface area contributed by atoms with Gasteiger partial charge in [0, 0.05) is 43.9 Å². The van der Waals surface area contributed by atoms with Crippen molar-refractivity contribution in [2.75, 3.05) is 32.8 Å². The topological polar surface area (TPSA) is 24.5 Å². The highest BCUT2D eigenvalue weighted by Gasteiger charge is 2.45. The van der Waals surface area contributed by atoms with Crippen LogP contribution in [0, 0.1) is 0 Å². The molecule has 2 fully saturated rings. The average Bonchev–Trinajstić information content (AvgIpc) is 2.54. The molecule has 0 aromatic heterocycles. The molecule has 1 spiro atoms. The zero-order valence-corrected chi connectivity index (χ0v) is 14.5. The minimum Gasteiger partial charge on any atom is -0.382 e. The monoisotopic (exact) mass is 296 g/mol. The van der Waals surface area contributed by atoms with Crippen molar-refractivity contribution in [2.45, 2.75) is 83.2 Å². The van der Waals surface area contributed by atoms with E-state index in [9.17, 15) is 0 Å². The fraction of sp³-hybridized carbons (Fsp3) is 1.00. The maximum absolute atomic E-state index is 5.56. The van der Waals surface area contributed by atoms with Crippen LogP contribution in [0.4, 0.5) is 0 Å². The zero-order chi connectivity index (χ0) is 15.2. The summed E-state index contributed by atoms with van der Waals surface area (Å²) in [5.74, 6) is 0. The number of ether oxygens (including phenoxy) is 1. The molecule has 1 heterocycles. The molecule has 1 aliphatic carbocycles. The molecular weight excluding hydrogens is 260 g/mol. The van der Waals surface area contributed by atoms with Crippen molar-refractivity contribution in [2.24, 2.45) is 0 Å². The first kappa shape index (κ1) is 17.2. The van der Waals surface area contributed by atoms with E-state index in [0.717, 1.165) is 13.2 Å². The summed E-state index contributed by atoms with van der Waals surface area (Å²) < 4.78 is 5.56. The van der Waals surface area contributed by atoms with Gasteiger partial charge in [0.05, 0.1) is 0 Å². The van der Waals surface area contributed by atoms with Gasteiger partial charge in [0.15, 0.2) is 0 Å². The highest BCUT2D eigenvalue weighted by Crippen LogP contribution is 2.38. The fourth-order valence-electron chi connectivity index (χ4n) is 4.30. The largest absolute Gasteiger partial charge is 0.382 e. The molecule has 0 aromatic carbocycles. The van der Waals surface area contributed by atoms with E-state index in [1.807, 2.05) is 0 Å². The molecule has 2 aliphatic rings. The minimum atomic E-state index is 0.342. The first-order valence-corrected chi connectivity index (χ1v) is 9.28. The summed E-state index contributed by atoms with van der Waals surface area (Å²) in [6.45, 7) is 12.2. The molecule has 2 rings (SSSR count). The van der Waals surface area contributed by atoms with Gasteiger partial charge in [-0.05, 0) is 39.0 Å². The van der Waals surface area contributed by atoms with Crippen LogP contribution in [-0.4, -0.2) is 48.8 Å². The standard InChI is InChI=1S/C18H36N2O/c1-4-17(5-2)16-20(13-10-14-21-6-3)18(15-19-17)11-8-7-9-12-18/h19H,4-16H2,1-3H3. The van der Waals surface area contributed by atoms with E-state index < -0.39 is 0 Å². The summed E-state index contributed by atoms with van der Waals surface area (Å²) in [4.78, 5) is 2.84. The van der Waals surface area contributed by atoms with Gasteiger partial charge in [-0.25, -0.2) is 0 Å². The second-order valence-electron chi connectivity index (χ2n) is 7.10. The molecule has 3 heteroatoms. The van der Waals surface area contributed by atoms with Crippen LogP contribution in [0.1, 0.15) is 72.1 Å². The Bertz CT molecular complexity index is 296. The van der Waals surface area contributed by atoms with Crippen LogP contribution in [-0.2, 0) is 4.74 Å². The first-order valence-electron chi connectivity index (χ1n) is 9.28. The maximum Gasteiger partial charge on any atom is 0.0478 e. The Labute approximate surface area is 131 Å². The molecule has 0 amide bonds. The van der Waals surface area contributed by atoms with Crippen molar-refractivity contribution >= 4 is 0 Å². The van der Waals surface area contributed by atoms with Crippen LogP contribution in [0.15, 0.2) is 0 Å². The molecule has 124 valence electrons. The van der Waals surface area contributed by atoms with Gasteiger partial charge in [0.1, 0.15) is 0 Å². The minimum absolute atomic E-state index is 0.342. The van der Waals surface area contributed by atoms with Gasteiger partial charge in [-0.1, -0.05) is 33.1 Å². The van der Waals surface area contributed by atoms with Crippen LogP contribution >= 0.6 is 0 Å². The summed E-state index contributed by atoms with van der Waals surface area (Å²) in [5, 5.41) is 3.95. The third-order valence-corrected chi connectivity index (χ3v) is 6.02. The highest BCUT2D eigenvalue weighted by atomic mass is 16.5. The van der Waals surface area contributed by atoms with Crippen LogP contribution < -0.4 is 5.32 Å². The van der Waals surface area contributed by atoms with E-state index in [1.165, 1.54) is 71.0 Å². The maximum atomic E-state index is 5.56. The van der Waals surface area contributed by atoms with Gasteiger partial charge in [0.2, 0.25) is 0 Å². The Morgan fingerprint density at radius 2 is 1.76 bits per heavy atom. The Morgan fingerprint density at radius 1 is 1.05 bits per heavy atom. The summed E-state index contributed by atoms with van der Waals surface area (Å²) in [6.07, 6.45) is 10.7.